The lowest BCUT2D eigenvalue weighted by Crippen LogP contribution is -2.31. The number of benzene rings is 2. The van der Waals surface area contributed by atoms with Gasteiger partial charge in [0.2, 0.25) is 0 Å². The lowest BCUT2D eigenvalue weighted by Gasteiger charge is -2.30. The zero-order chi connectivity index (χ0) is 25.7. The van der Waals surface area contributed by atoms with Crippen molar-refractivity contribution in [3.8, 4) is 0 Å². The van der Waals surface area contributed by atoms with Gasteiger partial charge >= 0.3 is 0 Å². The predicted molar refractivity (Wildman–Crippen MR) is 152 cm³/mol. The number of unbranched alkanes of at least 4 members (excludes halogenated alkanes) is 2. The highest BCUT2D eigenvalue weighted by molar-refractivity contribution is 6.13. The number of rotatable bonds is 6. The number of Topliss-reactive ketones (excluding diaryl/α,β-unsaturated/α-hetero) is 1. The molecular weight excluding hydrogens is 440 g/mol. The minimum Gasteiger partial charge on any atom is -0.344 e. The Morgan fingerprint density at radius 2 is 1.06 bits per heavy atom. The number of hydrogen-bond donors (Lipinski definition) is 0. The Labute approximate surface area is 217 Å². The first-order valence-electron chi connectivity index (χ1n) is 14.0. The number of anilines is 2. The highest BCUT2D eigenvalue weighted by atomic mass is 16.1. The maximum atomic E-state index is 14.4. The normalized spacial score (nSPS) is 24.0. The molecule has 2 aromatic rings. The van der Waals surface area contributed by atoms with Gasteiger partial charge in [-0.3, -0.25) is 4.79 Å². The number of fused-ring (bicyclic) bond motifs is 2. The fourth-order valence-electron chi connectivity index (χ4n) is 6.93. The van der Waals surface area contributed by atoms with E-state index in [-0.39, 0.29) is 16.6 Å². The summed E-state index contributed by atoms with van der Waals surface area (Å²) in [5.74, 6) is 0.282. The average Bonchev–Trinajstić information content (AvgIpc) is 3.41. The third-order valence-electron chi connectivity index (χ3n) is 8.68. The summed E-state index contributed by atoms with van der Waals surface area (Å²) in [7, 11) is 0. The van der Waals surface area contributed by atoms with E-state index in [4.69, 9.17) is 0 Å². The molecule has 0 radical (unpaired) electrons. The number of ketones is 1. The molecule has 0 atom stereocenters. The van der Waals surface area contributed by atoms with Gasteiger partial charge in [-0.2, -0.15) is 0 Å². The summed E-state index contributed by atoms with van der Waals surface area (Å²) >= 11 is 0. The van der Waals surface area contributed by atoms with Gasteiger partial charge in [0.1, 0.15) is 0 Å². The zero-order valence-corrected chi connectivity index (χ0v) is 23.1. The Balaban J connectivity index is 1.65. The van der Waals surface area contributed by atoms with Crippen molar-refractivity contribution in [2.75, 3.05) is 22.9 Å². The number of para-hydroxylation sites is 2. The average molecular weight is 483 g/mol. The van der Waals surface area contributed by atoms with Crippen molar-refractivity contribution in [3.63, 3.8) is 0 Å². The standard InChI is InChI=1S/C33H42N2O/c1-7-9-21-34-27-17-13-11-15-25(27)32(3,4)30(34)23-19-20-24(29(23)36)31-33(5,6)26-16-12-14-18-28(26)35(31)22-10-8-2/h11-18H,7-10,19-22H2,1-6H3/b30-23+,31-24+. The lowest BCUT2D eigenvalue weighted by molar-refractivity contribution is -0.111. The number of hydrogen-bond acceptors (Lipinski definition) is 3. The molecule has 5 rings (SSSR count). The quantitative estimate of drug-likeness (QED) is 0.389. The van der Waals surface area contributed by atoms with Crippen molar-refractivity contribution < 1.29 is 4.79 Å². The molecule has 0 N–H and O–H groups in total. The summed E-state index contributed by atoms with van der Waals surface area (Å²) in [6.45, 7) is 15.6. The largest absolute Gasteiger partial charge is 0.344 e. The molecule has 0 spiro atoms. The SMILES string of the molecule is CCCCN1/C(=C2\CC/C(=C3\N(CCCC)c4ccccc4C3(C)C)C2=O)C(C)(C)c2ccccc21. The van der Waals surface area contributed by atoms with Crippen LogP contribution in [0.4, 0.5) is 11.4 Å². The van der Waals surface area contributed by atoms with Gasteiger partial charge in [0.15, 0.2) is 5.78 Å². The van der Waals surface area contributed by atoms with Crippen LogP contribution >= 0.6 is 0 Å². The van der Waals surface area contributed by atoms with Gasteiger partial charge in [-0.25, -0.2) is 0 Å². The first-order chi connectivity index (χ1) is 17.2. The van der Waals surface area contributed by atoms with E-state index in [0.717, 1.165) is 62.8 Å². The van der Waals surface area contributed by atoms with E-state index < -0.39 is 0 Å². The molecule has 0 saturated heterocycles. The molecule has 0 unspecified atom stereocenters. The van der Waals surface area contributed by atoms with Crippen molar-refractivity contribution in [3.05, 3.63) is 82.2 Å². The van der Waals surface area contributed by atoms with Gasteiger partial charge in [0, 0.05) is 57.8 Å². The van der Waals surface area contributed by atoms with Gasteiger partial charge in [-0.15, -0.1) is 0 Å². The molecule has 1 saturated carbocycles. The molecule has 2 aromatic carbocycles. The van der Waals surface area contributed by atoms with Crippen LogP contribution in [-0.2, 0) is 15.6 Å². The fourth-order valence-corrected chi connectivity index (χ4v) is 6.93. The van der Waals surface area contributed by atoms with Crippen molar-refractivity contribution in [1.82, 2.24) is 0 Å². The second kappa shape index (κ2) is 9.25. The van der Waals surface area contributed by atoms with Crippen molar-refractivity contribution in [2.24, 2.45) is 0 Å². The molecule has 3 heteroatoms. The number of allylic oxidation sites excluding steroid dienone is 4. The van der Waals surface area contributed by atoms with Gasteiger partial charge < -0.3 is 9.80 Å². The lowest BCUT2D eigenvalue weighted by atomic mass is 9.80. The highest BCUT2D eigenvalue weighted by Gasteiger charge is 2.47. The molecule has 3 nitrogen and oxygen atoms in total. The Morgan fingerprint density at radius 1 is 0.667 bits per heavy atom. The van der Waals surface area contributed by atoms with E-state index in [1.165, 1.54) is 33.9 Å². The molecule has 190 valence electrons. The van der Waals surface area contributed by atoms with E-state index in [9.17, 15) is 4.79 Å². The van der Waals surface area contributed by atoms with Crippen LogP contribution in [0.5, 0.6) is 0 Å². The minimum atomic E-state index is -0.175. The Bertz CT molecular complexity index is 1150. The van der Waals surface area contributed by atoms with Crippen LogP contribution in [0.2, 0.25) is 0 Å². The molecule has 3 aliphatic rings. The first kappa shape index (κ1) is 24.9. The molecule has 1 aliphatic carbocycles. The van der Waals surface area contributed by atoms with E-state index in [2.05, 4.69) is 99.9 Å². The van der Waals surface area contributed by atoms with Crippen LogP contribution in [0.25, 0.3) is 0 Å². The second-order valence-corrected chi connectivity index (χ2v) is 11.8. The predicted octanol–water partition coefficient (Wildman–Crippen LogP) is 8.05. The number of carbonyl (C=O) groups excluding carboxylic acids is 1. The second-order valence-electron chi connectivity index (χ2n) is 11.8. The summed E-state index contributed by atoms with van der Waals surface area (Å²) in [5.41, 5.74) is 9.46. The van der Waals surface area contributed by atoms with E-state index in [1.807, 2.05) is 0 Å². The van der Waals surface area contributed by atoms with Crippen LogP contribution in [0.15, 0.2) is 71.1 Å². The smallest absolute Gasteiger partial charge is 0.188 e. The van der Waals surface area contributed by atoms with Crippen LogP contribution in [0, 0.1) is 0 Å². The summed E-state index contributed by atoms with van der Waals surface area (Å²) < 4.78 is 0. The summed E-state index contributed by atoms with van der Waals surface area (Å²) in [6, 6.07) is 17.5. The van der Waals surface area contributed by atoms with Crippen molar-refractivity contribution >= 4 is 17.2 Å². The maximum absolute atomic E-state index is 14.4. The molecule has 2 heterocycles. The molecule has 1 fully saturated rings. The highest BCUT2D eigenvalue weighted by Crippen LogP contribution is 2.54. The minimum absolute atomic E-state index is 0.175. The third kappa shape index (κ3) is 3.66. The molecule has 2 aliphatic heterocycles. The Hall–Kier alpha value is -2.81. The van der Waals surface area contributed by atoms with Crippen LogP contribution in [-0.4, -0.2) is 18.9 Å². The molecular formula is C33H42N2O. The van der Waals surface area contributed by atoms with E-state index in [0.29, 0.717) is 0 Å². The first-order valence-corrected chi connectivity index (χ1v) is 14.0. The summed E-state index contributed by atoms with van der Waals surface area (Å²) in [4.78, 5) is 19.4. The summed E-state index contributed by atoms with van der Waals surface area (Å²) in [5, 5.41) is 0. The topological polar surface area (TPSA) is 23.6 Å². The van der Waals surface area contributed by atoms with E-state index in [1.54, 1.807) is 0 Å². The van der Waals surface area contributed by atoms with E-state index >= 15 is 0 Å². The van der Waals surface area contributed by atoms with Crippen molar-refractivity contribution in [2.45, 2.75) is 90.9 Å². The molecule has 0 amide bonds. The van der Waals surface area contributed by atoms with Gasteiger partial charge in [-0.05, 0) is 48.9 Å². The number of nitrogens with zero attached hydrogens (tertiary/aromatic N) is 2. The van der Waals surface area contributed by atoms with Crippen LogP contribution < -0.4 is 9.80 Å². The summed E-state index contributed by atoms with van der Waals surface area (Å²) in [6.07, 6.45) is 6.20. The molecule has 0 aromatic heterocycles. The Morgan fingerprint density at radius 3 is 1.44 bits per heavy atom. The zero-order valence-electron chi connectivity index (χ0n) is 23.1. The third-order valence-corrected chi connectivity index (χ3v) is 8.68. The van der Waals surface area contributed by atoms with Gasteiger partial charge in [-0.1, -0.05) is 90.8 Å². The fraction of sp³-hybridized carbons (Fsp3) is 0.485. The maximum Gasteiger partial charge on any atom is 0.188 e. The molecule has 0 bridgehead atoms. The van der Waals surface area contributed by atoms with Crippen LogP contribution in [0.1, 0.15) is 91.2 Å². The van der Waals surface area contributed by atoms with Gasteiger partial charge in [0.25, 0.3) is 0 Å². The van der Waals surface area contributed by atoms with Crippen LogP contribution in [0.3, 0.4) is 0 Å². The monoisotopic (exact) mass is 482 g/mol. The molecule has 36 heavy (non-hydrogen) atoms. The van der Waals surface area contributed by atoms with Crippen molar-refractivity contribution in [1.29, 1.82) is 0 Å². The Kier molecular flexibility index (Phi) is 6.39. The van der Waals surface area contributed by atoms with Gasteiger partial charge in [0.05, 0.1) is 0 Å². The number of carbonyl (C=O) groups is 1.